The van der Waals surface area contributed by atoms with Crippen LogP contribution in [0.5, 0.6) is 11.5 Å². The number of sulfonamides is 1. The van der Waals surface area contributed by atoms with E-state index in [0.717, 1.165) is 11.6 Å². The molecule has 0 unspecified atom stereocenters. The van der Waals surface area contributed by atoms with Gasteiger partial charge in [-0.05, 0) is 47.9 Å². The van der Waals surface area contributed by atoms with Crippen molar-refractivity contribution < 1.29 is 27.9 Å². The first-order valence-corrected chi connectivity index (χ1v) is 9.80. The van der Waals surface area contributed by atoms with Crippen LogP contribution in [0.25, 0.3) is 6.08 Å². The predicted octanol–water partition coefficient (Wildman–Crippen LogP) is 1.74. The normalized spacial score (nSPS) is 11.4. The molecule has 9 heteroatoms. The van der Waals surface area contributed by atoms with Gasteiger partial charge in [-0.3, -0.25) is 10.0 Å². The van der Waals surface area contributed by atoms with E-state index in [9.17, 15) is 13.2 Å². The number of rotatable bonds is 9. The molecule has 8 nitrogen and oxygen atoms in total. The van der Waals surface area contributed by atoms with Crippen LogP contribution in [-0.2, 0) is 21.2 Å². The lowest BCUT2D eigenvalue weighted by Gasteiger charge is -2.10. The molecule has 0 fully saturated rings. The van der Waals surface area contributed by atoms with Gasteiger partial charge in [-0.2, -0.15) is 0 Å². The third-order valence-electron chi connectivity index (χ3n) is 3.86. The zero-order valence-electron chi connectivity index (χ0n) is 15.5. The van der Waals surface area contributed by atoms with Crippen molar-refractivity contribution in [3.63, 3.8) is 0 Å². The molecule has 2 aromatic carbocycles. The minimum Gasteiger partial charge on any atom is -0.493 e. The summed E-state index contributed by atoms with van der Waals surface area (Å²) in [5.41, 5.74) is 2.87. The third-order valence-corrected chi connectivity index (χ3v) is 5.32. The lowest BCUT2D eigenvalue weighted by Crippen LogP contribution is -2.26. The number of hydroxylamine groups is 1. The van der Waals surface area contributed by atoms with E-state index in [2.05, 4.69) is 4.72 Å². The summed E-state index contributed by atoms with van der Waals surface area (Å²) in [7, 11) is -0.631. The summed E-state index contributed by atoms with van der Waals surface area (Å²) >= 11 is 0. The third kappa shape index (κ3) is 5.81. The predicted molar refractivity (Wildman–Crippen MR) is 104 cm³/mol. The zero-order chi connectivity index (χ0) is 20.6. The topological polar surface area (TPSA) is 114 Å². The fraction of sp³-hybridized carbons (Fsp3) is 0.211. The van der Waals surface area contributed by atoms with Gasteiger partial charge in [0.25, 0.3) is 5.91 Å². The van der Waals surface area contributed by atoms with Crippen molar-refractivity contribution >= 4 is 22.0 Å². The van der Waals surface area contributed by atoms with Crippen molar-refractivity contribution in [3.05, 3.63) is 59.7 Å². The van der Waals surface area contributed by atoms with Crippen molar-refractivity contribution in [1.82, 2.24) is 10.2 Å². The fourth-order valence-electron chi connectivity index (χ4n) is 2.44. The Hall–Kier alpha value is -2.88. The Balaban J connectivity index is 2.04. The molecule has 0 radical (unpaired) electrons. The number of amides is 1. The van der Waals surface area contributed by atoms with E-state index >= 15 is 0 Å². The molecule has 1 amide bonds. The van der Waals surface area contributed by atoms with Crippen molar-refractivity contribution in [2.45, 2.75) is 11.3 Å². The maximum Gasteiger partial charge on any atom is 0.267 e. The summed E-state index contributed by atoms with van der Waals surface area (Å²) in [6.07, 6.45) is 2.96. The molecule has 150 valence electrons. The molecule has 0 aliphatic rings. The Morgan fingerprint density at radius 2 is 1.86 bits per heavy atom. The Bertz CT molecular complexity index is 957. The number of carbonyl (C=O) groups excluding carboxylic acids is 1. The number of hydrogen-bond acceptors (Lipinski definition) is 6. The van der Waals surface area contributed by atoms with Crippen LogP contribution in [0.15, 0.2) is 53.4 Å². The first kappa shape index (κ1) is 21.4. The van der Waals surface area contributed by atoms with Crippen molar-refractivity contribution in [2.24, 2.45) is 0 Å². The second kappa shape index (κ2) is 9.88. The molecular weight excluding hydrogens is 384 g/mol. The monoisotopic (exact) mass is 406 g/mol. The molecule has 0 aromatic heterocycles. The van der Waals surface area contributed by atoms with Crippen molar-refractivity contribution in [2.75, 3.05) is 20.8 Å². The van der Waals surface area contributed by atoms with Crippen LogP contribution in [0.2, 0.25) is 0 Å². The second-order valence-corrected chi connectivity index (χ2v) is 7.49. The van der Waals surface area contributed by atoms with Gasteiger partial charge in [0.1, 0.15) is 0 Å². The van der Waals surface area contributed by atoms with E-state index in [1.165, 1.54) is 30.8 Å². The smallest absolute Gasteiger partial charge is 0.267 e. The Morgan fingerprint density at radius 3 is 2.54 bits per heavy atom. The van der Waals surface area contributed by atoms with Gasteiger partial charge >= 0.3 is 0 Å². The van der Waals surface area contributed by atoms with Crippen LogP contribution in [0.1, 0.15) is 11.1 Å². The summed E-state index contributed by atoms with van der Waals surface area (Å²) in [5, 5.41) is 8.48. The van der Waals surface area contributed by atoms with Gasteiger partial charge in [-0.1, -0.05) is 18.2 Å². The highest BCUT2D eigenvalue weighted by Crippen LogP contribution is 2.27. The SMILES string of the molecule is COc1ccc(CCNS(=O)(=O)c2cccc(/C=C/C(=O)NO)c2)cc1OC. The lowest BCUT2D eigenvalue weighted by atomic mass is 10.1. The highest BCUT2D eigenvalue weighted by atomic mass is 32.2. The Labute approximate surface area is 163 Å². The molecule has 2 aromatic rings. The van der Waals surface area contributed by atoms with E-state index in [1.54, 1.807) is 31.4 Å². The second-order valence-electron chi connectivity index (χ2n) is 5.72. The number of ether oxygens (including phenoxy) is 2. The van der Waals surface area contributed by atoms with E-state index in [4.69, 9.17) is 14.7 Å². The van der Waals surface area contributed by atoms with E-state index in [-0.39, 0.29) is 11.4 Å². The Kier molecular flexibility index (Phi) is 7.56. The summed E-state index contributed by atoms with van der Waals surface area (Å²) < 4.78 is 38.0. The first-order chi connectivity index (χ1) is 13.4. The molecule has 0 atom stereocenters. The Morgan fingerprint density at radius 1 is 1.11 bits per heavy atom. The van der Waals surface area contributed by atoms with Gasteiger partial charge in [0.2, 0.25) is 10.0 Å². The zero-order valence-corrected chi connectivity index (χ0v) is 16.3. The van der Waals surface area contributed by atoms with Crippen LogP contribution in [0.3, 0.4) is 0 Å². The first-order valence-electron chi connectivity index (χ1n) is 8.32. The molecule has 3 N–H and O–H groups in total. The van der Waals surface area contributed by atoms with Gasteiger partial charge in [-0.15, -0.1) is 0 Å². The minimum atomic E-state index is -3.72. The highest BCUT2D eigenvalue weighted by Gasteiger charge is 2.14. The van der Waals surface area contributed by atoms with Gasteiger partial charge in [0, 0.05) is 12.6 Å². The number of nitrogens with one attached hydrogen (secondary N) is 2. The van der Waals surface area contributed by atoms with Crippen LogP contribution in [0.4, 0.5) is 0 Å². The van der Waals surface area contributed by atoms with E-state index in [0.29, 0.717) is 23.5 Å². The number of methoxy groups -OCH3 is 2. The van der Waals surface area contributed by atoms with Gasteiger partial charge in [-0.25, -0.2) is 18.6 Å². The molecule has 0 spiro atoms. The van der Waals surface area contributed by atoms with E-state index in [1.807, 2.05) is 6.07 Å². The summed E-state index contributed by atoms with van der Waals surface area (Å²) in [5.74, 6) is 0.474. The molecule has 0 bridgehead atoms. The molecule has 0 heterocycles. The van der Waals surface area contributed by atoms with Crippen molar-refractivity contribution in [3.8, 4) is 11.5 Å². The largest absolute Gasteiger partial charge is 0.493 e. The van der Waals surface area contributed by atoms with Crippen LogP contribution >= 0.6 is 0 Å². The highest BCUT2D eigenvalue weighted by molar-refractivity contribution is 7.89. The number of benzene rings is 2. The van der Waals surface area contributed by atoms with Gasteiger partial charge in [0.05, 0.1) is 19.1 Å². The quantitative estimate of drug-likeness (QED) is 0.332. The molecule has 28 heavy (non-hydrogen) atoms. The van der Waals surface area contributed by atoms with Gasteiger partial charge in [0.15, 0.2) is 11.5 Å². The lowest BCUT2D eigenvalue weighted by molar-refractivity contribution is -0.124. The standard InChI is InChI=1S/C19H22N2O6S/c1-26-17-8-6-15(13-18(17)27-2)10-11-20-28(24,25)16-5-3-4-14(12-16)7-9-19(22)21-23/h3-9,12-13,20,23H,10-11H2,1-2H3,(H,21,22)/b9-7+. The van der Waals surface area contributed by atoms with Crippen LogP contribution in [0, 0.1) is 0 Å². The fourth-order valence-corrected chi connectivity index (χ4v) is 3.53. The van der Waals surface area contributed by atoms with Crippen LogP contribution < -0.4 is 19.7 Å². The average Bonchev–Trinajstić information content (AvgIpc) is 2.71. The molecule has 0 saturated carbocycles. The summed E-state index contributed by atoms with van der Waals surface area (Å²) in [4.78, 5) is 11.1. The van der Waals surface area contributed by atoms with Crippen molar-refractivity contribution in [1.29, 1.82) is 0 Å². The molecule has 0 aliphatic heterocycles. The minimum absolute atomic E-state index is 0.0753. The maximum atomic E-state index is 12.5. The van der Waals surface area contributed by atoms with Crippen LogP contribution in [-0.4, -0.2) is 40.3 Å². The molecular formula is C19H22N2O6S. The molecule has 0 aliphatic carbocycles. The van der Waals surface area contributed by atoms with E-state index < -0.39 is 15.9 Å². The summed E-state index contributed by atoms with van der Waals surface area (Å²) in [6, 6.07) is 11.5. The summed E-state index contributed by atoms with van der Waals surface area (Å²) in [6.45, 7) is 0.199. The maximum absolute atomic E-state index is 12.5. The number of hydrogen-bond donors (Lipinski definition) is 3. The average molecular weight is 406 g/mol. The van der Waals surface area contributed by atoms with Gasteiger partial charge < -0.3 is 9.47 Å². The number of carbonyl (C=O) groups is 1. The molecule has 2 rings (SSSR count). The molecule has 0 saturated heterocycles.